The molecule has 0 aliphatic heterocycles. The lowest BCUT2D eigenvalue weighted by molar-refractivity contribution is -0.139. The molecule has 10 heteroatoms. The SMILES string of the molecule is CNC(=O)C(C)N(Cc1cccc(Cl)c1)C(=O)CN(c1ccc(F)cc1)S(C)(=O)=O. The minimum atomic E-state index is -3.85. The van der Waals surface area contributed by atoms with Gasteiger partial charge in [0.15, 0.2) is 0 Å². The first kappa shape index (κ1) is 23.6. The topological polar surface area (TPSA) is 86.8 Å². The summed E-state index contributed by atoms with van der Waals surface area (Å²) in [6.45, 7) is 1.05. The molecule has 7 nitrogen and oxygen atoms in total. The molecule has 0 saturated heterocycles. The molecule has 0 heterocycles. The Morgan fingerprint density at radius 3 is 2.33 bits per heavy atom. The molecule has 1 atom stereocenters. The second kappa shape index (κ2) is 9.90. The van der Waals surface area contributed by atoms with Crippen molar-refractivity contribution in [2.45, 2.75) is 19.5 Å². The van der Waals surface area contributed by atoms with Gasteiger partial charge in [-0.25, -0.2) is 12.8 Å². The molecule has 2 amide bonds. The lowest BCUT2D eigenvalue weighted by Gasteiger charge is -2.31. The Bertz CT molecular complexity index is 1010. The van der Waals surface area contributed by atoms with Crippen molar-refractivity contribution in [3.05, 3.63) is 64.9 Å². The van der Waals surface area contributed by atoms with Gasteiger partial charge in [0.25, 0.3) is 0 Å². The van der Waals surface area contributed by atoms with E-state index in [0.29, 0.717) is 10.6 Å². The number of sulfonamides is 1. The molecule has 1 unspecified atom stereocenters. The fourth-order valence-electron chi connectivity index (χ4n) is 2.84. The molecule has 30 heavy (non-hydrogen) atoms. The summed E-state index contributed by atoms with van der Waals surface area (Å²) in [4.78, 5) is 26.6. The maximum absolute atomic E-state index is 13.2. The van der Waals surface area contributed by atoms with Gasteiger partial charge in [-0.15, -0.1) is 0 Å². The highest BCUT2D eigenvalue weighted by Gasteiger charge is 2.29. The second-order valence-electron chi connectivity index (χ2n) is 6.69. The van der Waals surface area contributed by atoms with Crippen molar-refractivity contribution in [3.63, 3.8) is 0 Å². The number of anilines is 1. The average molecular weight is 456 g/mol. The lowest BCUT2D eigenvalue weighted by Crippen LogP contribution is -2.50. The number of carbonyl (C=O) groups is 2. The van der Waals surface area contributed by atoms with Crippen molar-refractivity contribution in [1.29, 1.82) is 0 Å². The van der Waals surface area contributed by atoms with Gasteiger partial charge in [0.05, 0.1) is 11.9 Å². The molecule has 162 valence electrons. The van der Waals surface area contributed by atoms with Gasteiger partial charge in [-0.1, -0.05) is 23.7 Å². The van der Waals surface area contributed by atoms with Crippen molar-refractivity contribution in [2.24, 2.45) is 0 Å². The van der Waals surface area contributed by atoms with Crippen molar-refractivity contribution in [1.82, 2.24) is 10.2 Å². The third kappa shape index (κ3) is 6.17. The van der Waals surface area contributed by atoms with Crippen molar-refractivity contribution in [3.8, 4) is 0 Å². The summed E-state index contributed by atoms with van der Waals surface area (Å²) >= 11 is 6.01. The standard InChI is InChI=1S/C20H23ClFN3O4S/c1-14(20(27)23-2)24(12-15-5-4-6-16(21)11-15)19(26)13-25(30(3,28)29)18-9-7-17(22)8-10-18/h4-11,14H,12-13H2,1-3H3,(H,23,27). The lowest BCUT2D eigenvalue weighted by atomic mass is 10.1. The monoisotopic (exact) mass is 455 g/mol. The molecule has 2 aromatic carbocycles. The molecule has 1 N–H and O–H groups in total. The number of nitrogens with zero attached hydrogens (tertiary/aromatic N) is 2. The summed E-state index contributed by atoms with van der Waals surface area (Å²) in [5.41, 5.74) is 0.821. The van der Waals surface area contributed by atoms with Gasteiger partial charge < -0.3 is 10.2 Å². The van der Waals surface area contributed by atoms with Crippen molar-refractivity contribution in [2.75, 3.05) is 24.2 Å². The van der Waals surface area contributed by atoms with Crippen molar-refractivity contribution < 1.29 is 22.4 Å². The Balaban J connectivity index is 2.36. The zero-order valence-electron chi connectivity index (χ0n) is 16.8. The predicted octanol–water partition coefficient (Wildman–Crippen LogP) is 2.41. The van der Waals surface area contributed by atoms with Crippen LogP contribution in [0.5, 0.6) is 0 Å². The molecular weight excluding hydrogens is 433 g/mol. The smallest absolute Gasteiger partial charge is 0.244 e. The number of likely N-dealkylation sites (N-methyl/N-ethyl adjacent to an activating group) is 1. The number of hydrogen-bond acceptors (Lipinski definition) is 4. The van der Waals surface area contributed by atoms with Gasteiger partial charge in [-0.05, 0) is 48.9 Å². The Kier molecular flexibility index (Phi) is 7.80. The van der Waals surface area contributed by atoms with Crippen LogP contribution < -0.4 is 9.62 Å². The van der Waals surface area contributed by atoms with Gasteiger partial charge in [0.2, 0.25) is 21.8 Å². The van der Waals surface area contributed by atoms with Gasteiger partial charge in [-0.2, -0.15) is 0 Å². The maximum Gasteiger partial charge on any atom is 0.244 e. The minimum Gasteiger partial charge on any atom is -0.357 e. The van der Waals surface area contributed by atoms with E-state index in [1.54, 1.807) is 31.2 Å². The number of halogens is 2. The molecule has 0 spiro atoms. The normalized spacial score (nSPS) is 12.2. The van der Waals surface area contributed by atoms with Crippen LogP contribution in [0.4, 0.5) is 10.1 Å². The first-order valence-electron chi connectivity index (χ1n) is 9.01. The minimum absolute atomic E-state index is 0.0506. The number of rotatable bonds is 8. The van der Waals surface area contributed by atoms with E-state index < -0.39 is 40.2 Å². The summed E-state index contributed by atoms with van der Waals surface area (Å²) in [6.07, 6.45) is 0.952. The molecule has 2 aromatic rings. The zero-order chi connectivity index (χ0) is 22.5. The van der Waals surface area contributed by atoms with E-state index in [4.69, 9.17) is 11.6 Å². The van der Waals surface area contributed by atoms with E-state index in [1.165, 1.54) is 24.1 Å². The maximum atomic E-state index is 13.2. The molecule has 0 fully saturated rings. The van der Waals surface area contributed by atoms with E-state index in [2.05, 4.69) is 5.32 Å². The van der Waals surface area contributed by atoms with Crippen LogP contribution in [0.25, 0.3) is 0 Å². The molecule has 0 bridgehead atoms. The van der Waals surface area contributed by atoms with E-state index in [-0.39, 0.29) is 12.2 Å². The molecule has 0 aliphatic carbocycles. The first-order valence-corrected chi connectivity index (χ1v) is 11.2. The number of nitrogens with one attached hydrogen (secondary N) is 1. The van der Waals surface area contributed by atoms with E-state index in [9.17, 15) is 22.4 Å². The molecule has 0 aromatic heterocycles. The van der Waals surface area contributed by atoms with Crippen LogP contribution in [0.2, 0.25) is 5.02 Å². The van der Waals surface area contributed by atoms with Crippen LogP contribution in [0.1, 0.15) is 12.5 Å². The zero-order valence-corrected chi connectivity index (χ0v) is 18.4. The largest absolute Gasteiger partial charge is 0.357 e. The van der Waals surface area contributed by atoms with Crippen LogP contribution in [0.3, 0.4) is 0 Å². The number of benzene rings is 2. The van der Waals surface area contributed by atoms with Crippen molar-refractivity contribution >= 4 is 39.1 Å². The number of amides is 2. The Morgan fingerprint density at radius 1 is 1.17 bits per heavy atom. The van der Waals surface area contributed by atoms with Crippen LogP contribution in [-0.2, 0) is 26.2 Å². The van der Waals surface area contributed by atoms with E-state index in [0.717, 1.165) is 22.7 Å². The van der Waals surface area contributed by atoms with Crippen LogP contribution >= 0.6 is 11.6 Å². The van der Waals surface area contributed by atoms with E-state index >= 15 is 0 Å². The van der Waals surface area contributed by atoms with Gasteiger partial charge in [0, 0.05) is 18.6 Å². The summed E-state index contributed by atoms with van der Waals surface area (Å²) < 4.78 is 38.7. The number of hydrogen-bond donors (Lipinski definition) is 1. The highest BCUT2D eigenvalue weighted by Crippen LogP contribution is 2.20. The fourth-order valence-corrected chi connectivity index (χ4v) is 3.91. The Morgan fingerprint density at radius 2 is 1.80 bits per heavy atom. The second-order valence-corrected chi connectivity index (χ2v) is 9.03. The highest BCUT2D eigenvalue weighted by molar-refractivity contribution is 7.92. The third-order valence-electron chi connectivity index (χ3n) is 4.45. The predicted molar refractivity (Wildman–Crippen MR) is 114 cm³/mol. The molecule has 0 aliphatic rings. The molecule has 2 rings (SSSR count). The summed E-state index contributed by atoms with van der Waals surface area (Å²) in [7, 11) is -2.40. The highest BCUT2D eigenvalue weighted by atomic mass is 35.5. The summed E-state index contributed by atoms with van der Waals surface area (Å²) in [6, 6.07) is 10.7. The summed E-state index contributed by atoms with van der Waals surface area (Å²) in [5, 5.41) is 2.96. The van der Waals surface area contributed by atoms with Crippen LogP contribution in [0, 0.1) is 5.82 Å². The average Bonchev–Trinajstić information content (AvgIpc) is 2.69. The Hall–Kier alpha value is -2.65. The quantitative estimate of drug-likeness (QED) is 0.662. The fraction of sp³-hybridized carbons (Fsp3) is 0.300. The molecule has 0 radical (unpaired) electrons. The third-order valence-corrected chi connectivity index (χ3v) is 5.83. The van der Waals surface area contributed by atoms with Crippen LogP contribution in [0.15, 0.2) is 48.5 Å². The van der Waals surface area contributed by atoms with Crippen LogP contribution in [-0.4, -0.2) is 51.0 Å². The van der Waals surface area contributed by atoms with E-state index in [1.807, 2.05) is 0 Å². The molecular formula is C20H23ClFN3O4S. The summed E-state index contributed by atoms with van der Waals surface area (Å²) in [5.74, 6) is -1.53. The molecule has 0 saturated carbocycles. The van der Waals surface area contributed by atoms with Gasteiger partial charge in [0.1, 0.15) is 18.4 Å². The van der Waals surface area contributed by atoms with Gasteiger partial charge in [-0.3, -0.25) is 13.9 Å². The number of carbonyl (C=O) groups excluding carboxylic acids is 2. The van der Waals surface area contributed by atoms with Gasteiger partial charge >= 0.3 is 0 Å². The first-order chi connectivity index (χ1) is 14.0. The Labute approximate surface area is 180 Å².